The molecule has 2 aromatic rings. The summed E-state index contributed by atoms with van der Waals surface area (Å²) >= 11 is 5.72. The number of allylic oxidation sites excluding steroid dienone is 2. The van der Waals surface area contributed by atoms with E-state index in [4.69, 9.17) is 11.6 Å². The molecule has 2 aromatic carbocycles. The Morgan fingerprint density at radius 3 is 2.66 bits per heavy atom. The third kappa shape index (κ3) is 3.99. The zero-order valence-electron chi connectivity index (χ0n) is 16.7. The van der Waals surface area contributed by atoms with Gasteiger partial charge in [-0.05, 0) is 91.2 Å². The van der Waals surface area contributed by atoms with E-state index < -0.39 is 17.5 Å². The van der Waals surface area contributed by atoms with Crippen molar-refractivity contribution < 1.29 is 13.2 Å². The second kappa shape index (κ2) is 8.55. The van der Waals surface area contributed by atoms with Crippen molar-refractivity contribution in [2.45, 2.75) is 57.8 Å². The van der Waals surface area contributed by atoms with Crippen LogP contribution in [0, 0.1) is 29.3 Å². The van der Waals surface area contributed by atoms with Crippen LogP contribution in [0.2, 0.25) is 5.02 Å². The Labute approximate surface area is 175 Å². The maximum atomic E-state index is 15.4. The molecule has 2 aliphatic rings. The normalized spacial score (nSPS) is 23.8. The van der Waals surface area contributed by atoms with Crippen LogP contribution in [0.15, 0.2) is 36.4 Å². The molecular weight excluding hydrogens is 393 g/mol. The topological polar surface area (TPSA) is 0 Å². The fourth-order valence-corrected chi connectivity index (χ4v) is 5.29. The number of fused-ring (bicyclic) bond motifs is 3. The maximum Gasteiger partial charge on any atom is 0.142 e. The van der Waals surface area contributed by atoms with Gasteiger partial charge < -0.3 is 0 Å². The fourth-order valence-electron chi connectivity index (χ4n) is 5.17. The number of rotatable bonds is 4. The van der Waals surface area contributed by atoms with Crippen molar-refractivity contribution in [3.63, 3.8) is 0 Å². The zero-order chi connectivity index (χ0) is 20.5. The summed E-state index contributed by atoms with van der Waals surface area (Å²) in [5.41, 5.74) is 1.48. The molecule has 154 valence electrons. The monoisotopic (exact) mass is 418 g/mol. The largest absolute Gasteiger partial charge is 0.206 e. The van der Waals surface area contributed by atoms with Gasteiger partial charge in [-0.1, -0.05) is 43.2 Å². The average Bonchev–Trinajstić information content (AvgIpc) is 2.70. The molecule has 0 bridgehead atoms. The van der Waals surface area contributed by atoms with Gasteiger partial charge in [0.05, 0.1) is 10.6 Å². The summed E-state index contributed by atoms with van der Waals surface area (Å²) in [6.07, 6.45) is 11.5. The molecule has 4 rings (SSSR count). The van der Waals surface area contributed by atoms with E-state index in [9.17, 15) is 8.78 Å². The van der Waals surface area contributed by atoms with E-state index >= 15 is 4.39 Å². The summed E-state index contributed by atoms with van der Waals surface area (Å²) in [6.45, 7) is 2.18. The van der Waals surface area contributed by atoms with Gasteiger partial charge in [0.25, 0.3) is 0 Å². The van der Waals surface area contributed by atoms with Gasteiger partial charge >= 0.3 is 0 Å². The van der Waals surface area contributed by atoms with E-state index in [0.717, 1.165) is 50.2 Å². The molecule has 0 saturated heterocycles. The fraction of sp³-hybridized carbons (Fsp3) is 0.440. The zero-order valence-corrected chi connectivity index (χ0v) is 17.4. The van der Waals surface area contributed by atoms with Crippen LogP contribution >= 0.6 is 11.6 Å². The van der Waals surface area contributed by atoms with E-state index in [-0.39, 0.29) is 22.1 Å². The minimum absolute atomic E-state index is 0.0554. The maximum absolute atomic E-state index is 15.4. The van der Waals surface area contributed by atoms with Crippen molar-refractivity contribution in [1.82, 2.24) is 0 Å². The summed E-state index contributed by atoms with van der Waals surface area (Å²) in [6, 6.07) is 5.42. The molecule has 3 unspecified atom stereocenters. The smallest absolute Gasteiger partial charge is 0.142 e. The van der Waals surface area contributed by atoms with E-state index in [1.54, 1.807) is 0 Å². The molecule has 0 N–H and O–H groups in total. The molecule has 0 aliphatic heterocycles. The first-order chi connectivity index (χ1) is 14.0. The highest BCUT2D eigenvalue weighted by atomic mass is 35.5. The van der Waals surface area contributed by atoms with Crippen molar-refractivity contribution in [2.24, 2.45) is 11.8 Å². The average molecular weight is 419 g/mol. The third-order valence-electron chi connectivity index (χ3n) is 6.61. The minimum atomic E-state index is -0.671. The highest BCUT2D eigenvalue weighted by molar-refractivity contribution is 6.30. The van der Waals surface area contributed by atoms with Crippen LogP contribution in [0.5, 0.6) is 0 Å². The molecule has 1 fully saturated rings. The lowest BCUT2D eigenvalue weighted by Gasteiger charge is -2.40. The highest BCUT2D eigenvalue weighted by Gasteiger charge is 2.37. The summed E-state index contributed by atoms with van der Waals surface area (Å²) in [5, 5.41) is -0.0554. The van der Waals surface area contributed by atoms with Gasteiger partial charge in [0, 0.05) is 0 Å². The Kier molecular flexibility index (Phi) is 6.06. The lowest BCUT2D eigenvalue weighted by atomic mass is 9.65. The molecule has 0 heterocycles. The first-order valence-corrected chi connectivity index (χ1v) is 11.0. The molecule has 0 amide bonds. The molecule has 4 heteroatoms. The summed E-state index contributed by atoms with van der Waals surface area (Å²) in [4.78, 5) is 0. The van der Waals surface area contributed by atoms with Crippen LogP contribution in [0.4, 0.5) is 13.2 Å². The summed E-state index contributed by atoms with van der Waals surface area (Å²) in [7, 11) is 0. The molecule has 2 aliphatic carbocycles. The van der Waals surface area contributed by atoms with E-state index in [1.807, 2.05) is 0 Å². The summed E-state index contributed by atoms with van der Waals surface area (Å²) < 4.78 is 44.2. The Morgan fingerprint density at radius 2 is 1.90 bits per heavy atom. The third-order valence-corrected chi connectivity index (χ3v) is 6.92. The number of unbranched alkanes of at least 4 members (excludes halogenated alkanes) is 1. The second-order valence-electron chi connectivity index (χ2n) is 8.44. The van der Waals surface area contributed by atoms with Gasteiger partial charge in [0.2, 0.25) is 0 Å². The molecule has 3 atom stereocenters. The lowest BCUT2D eigenvalue weighted by molar-refractivity contribution is 0.234. The molecule has 0 aromatic heterocycles. The SMILES string of the molecule is CCCC=CC1CCC2c3cc(F)c(-c4ccc(Cl)c(F)c4)c(F)c3CCC2C1. The van der Waals surface area contributed by atoms with Crippen molar-refractivity contribution >= 4 is 11.6 Å². The highest BCUT2D eigenvalue weighted by Crippen LogP contribution is 2.49. The Hall–Kier alpha value is -1.74. The van der Waals surface area contributed by atoms with Crippen LogP contribution in [0.3, 0.4) is 0 Å². The standard InChI is InChI=1S/C25H26ClF3/c1-2-3-4-5-15-6-9-18-16(12-15)7-10-19-20(18)14-23(28)24(25(19)29)17-8-11-21(26)22(27)13-17/h4-5,8,11,13-16,18H,2-3,6-7,9-10,12H2,1H3. The van der Waals surface area contributed by atoms with E-state index in [2.05, 4.69) is 19.1 Å². The molecule has 0 radical (unpaired) electrons. The first-order valence-electron chi connectivity index (χ1n) is 10.6. The molecule has 0 spiro atoms. The van der Waals surface area contributed by atoms with Crippen LogP contribution < -0.4 is 0 Å². The van der Waals surface area contributed by atoms with Gasteiger partial charge in [-0.25, -0.2) is 13.2 Å². The van der Waals surface area contributed by atoms with Crippen molar-refractivity contribution in [2.75, 3.05) is 0 Å². The van der Waals surface area contributed by atoms with E-state index in [1.165, 1.54) is 18.2 Å². The van der Waals surface area contributed by atoms with Crippen molar-refractivity contribution in [3.05, 3.63) is 70.0 Å². The molecule has 29 heavy (non-hydrogen) atoms. The van der Waals surface area contributed by atoms with E-state index in [0.29, 0.717) is 23.8 Å². The van der Waals surface area contributed by atoms with Gasteiger partial charge in [0.15, 0.2) is 0 Å². The van der Waals surface area contributed by atoms with Crippen molar-refractivity contribution in [3.8, 4) is 11.1 Å². The quantitative estimate of drug-likeness (QED) is 0.438. The minimum Gasteiger partial charge on any atom is -0.206 e. The van der Waals surface area contributed by atoms with Gasteiger partial charge in [-0.3, -0.25) is 0 Å². The van der Waals surface area contributed by atoms with Crippen LogP contribution in [0.1, 0.15) is 62.5 Å². The van der Waals surface area contributed by atoms with Crippen LogP contribution in [0.25, 0.3) is 11.1 Å². The molecule has 1 saturated carbocycles. The van der Waals surface area contributed by atoms with Gasteiger partial charge in [-0.2, -0.15) is 0 Å². The predicted octanol–water partition coefficient (Wildman–Crippen LogP) is 8.23. The van der Waals surface area contributed by atoms with Crippen molar-refractivity contribution in [1.29, 1.82) is 0 Å². The lowest BCUT2D eigenvalue weighted by Crippen LogP contribution is -2.28. The number of hydrogen-bond donors (Lipinski definition) is 0. The molecule has 0 nitrogen and oxygen atoms in total. The Bertz CT molecular complexity index is 934. The molecular formula is C25H26ClF3. The number of halogens is 4. The Morgan fingerprint density at radius 1 is 1.07 bits per heavy atom. The first kappa shape index (κ1) is 20.5. The number of benzene rings is 2. The van der Waals surface area contributed by atoms with Gasteiger partial charge in [-0.15, -0.1) is 0 Å². The second-order valence-corrected chi connectivity index (χ2v) is 8.85. The summed E-state index contributed by atoms with van der Waals surface area (Å²) in [5.74, 6) is -0.552. The van der Waals surface area contributed by atoms with Crippen LogP contribution in [-0.4, -0.2) is 0 Å². The Balaban J connectivity index is 1.64. The number of hydrogen-bond acceptors (Lipinski definition) is 0. The predicted molar refractivity (Wildman–Crippen MR) is 113 cm³/mol. The van der Waals surface area contributed by atoms with Gasteiger partial charge in [0.1, 0.15) is 17.5 Å². The van der Waals surface area contributed by atoms with Crippen LogP contribution in [-0.2, 0) is 6.42 Å².